The van der Waals surface area contributed by atoms with Gasteiger partial charge in [0.2, 0.25) is 0 Å². The predicted octanol–water partition coefficient (Wildman–Crippen LogP) is 0.973. The van der Waals surface area contributed by atoms with Crippen LogP contribution in [0.25, 0.3) is 0 Å². The van der Waals surface area contributed by atoms with E-state index in [1.54, 1.807) is 0 Å². The van der Waals surface area contributed by atoms with Gasteiger partial charge in [0.1, 0.15) is 12.0 Å². The second kappa shape index (κ2) is 2.74. The van der Waals surface area contributed by atoms with Crippen molar-refractivity contribution in [2.24, 2.45) is 0 Å². The SMILES string of the molecule is OC(c1ccon1)C(F)F. The molecule has 1 aromatic heterocycles. The summed E-state index contributed by atoms with van der Waals surface area (Å²) in [6.07, 6.45) is -3.52. The van der Waals surface area contributed by atoms with Crippen molar-refractivity contribution in [3.63, 3.8) is 0 Å². The first-order valence-corrected chi connectivity index (χ1v) is 2.58. The predicted molar refractivity (Wildman–Crippen MR) is 27.5 cm³/mol. The van der Waals surface area contributed by atoms with Crippen molar-refractivity contribution in [1.82, 2.24) is 5.16 Å². The van der Waals surface area contributed by atoms with E-state index < -0.39 is 12.5 Å². The molecule has 0 aliphatic heterocycles. The van der Waals surface area contributed by atoms with Crippen LogP contribution in [-0.2, 0) is 0 Å². The second-order valence-corrected chi connectivity index (χ2v) is 1.70. The summed E-state index contributed by atoms with van der Waals surface area (Å²) in [4.78, 5) is 0. The number of hydrogen-bond acceptors (Lipinski definition) is 3. The average molecular weight is 149 g/mol. The van der Waals surface area contributed by atoms with Crippen LogP contribution in [0.1, 0.15) is 11.8 Å². The first-order valence-electron chi connectivity index (χ1n) is 2.58. The molecule has 1 N–H and O–H groups in total. The summed E-state index contributed by atoms with van der Waals surface area (Å²) in [5, 5.41) is 11.7. The lowest BCUT2D eigenvalue weighted by molar-refractivity contribution is -0.00975. The number of rotatable bonds is 2. The highest BCUT2D eigenvalue weighted by molar-refractivity contribution is 5.00. The van der Waals surface area contributed by atoms with E-state index in [0.29, 0.717) is 0 Å². The highest BCUT2D eigenvalue weighted by Crippen LogP contribution is 2.17. The summed E-state index contributed by atoms with van der Waals surface area (Å²) < 4.78 is 27.6. The van der Waals surface area contributed by atoms with Gasteiger partial charge in [-0.2, -0.15) is 0 Å². The Hall–Kier alpha value is -0.970. The van der Waals surface area contributed by atoms with Crippen LogP contribution in [0.15, 0.2) is 16.9 Å². The molecule has 0 aliphatic carbocycles. The summed E-state index contributed by atoms with van der Waals surface area (Å²) in [6, 6.07) is 1.19. The van der Waals surface area contributed by atoms with Gasteiger partial charge in [-0.3, -0.25) is 0 Å². The number of aliphatic hydroxyl groups excluding tert-OH is 1. The molecule has 56 valence electrons. The van der Waals surface area contributed by atoms with Crippen LogP contribution in [0.5, 0.6) is 0 Å². The second-order valence-electron chi connectivity index (χ2n) is 1.70. The van der Waals surface area contributed by atoms with E-state index in [4.69, 9.17) is 5.11 Å². The zero-order valence-electron chi connectivity index (χ0n) is 4.87. The monoisotopic (exact) mass is 149 g/mol. The lowest BCUT2D eigenvalue weighted by Gasteiger charge is -2.02. The maximum atomic E-state index is 11.7. The Bertz CT molecular complexity index is 188. The summed E-state index contributed by atoms with van der Waals surface area (Å²) in [5.41, 5.74) is -0.144. The Balaban J connectivity index is 2.68. The largest absolute Gasteiger partial charge is 0.381 e. The topological polar surface area (TPSA) is 46.3 Å². The minimum absolute atomic E-state index is 0.144. The normalized spacial score (nSPS) is 14.0. The van der Waals surface area contributed by atoms with Crippen LogP contribution in [0.3, 0.4) is 0 Å². The first kappa shape index (κ1) is 7.14. The summed E-state index contributed by atoms with van der Waals surface area (Å²) in [7, 11) is 0. The molecule has 0 saturated carbocycles. The maximum absolute atomic E-state index is 11.7. The van der Waals surface area contributed by atoms with Gasteiger partial charge in [-0.25, -0.2) is 8.78 Å². The molecule has 1 aromatic rings. The average Bonchev–Trinajstić information content (AvgIpc) is 2.36. The lowest BCUT2D eigenvalue weighted by atomic mass is 10.3. The molecule has 1 rings (SSSR count). The quantitative estimate of drug-likeness (QED) is 0.681. The zero-order valence-corrected chi connectivity index (χ0v) is 4.87. The van der Waals surface area contributed by atoms with Gasteiger partial charge in [0, 0.05) is 6.07 Å². The Kier molecular flexibility index (Phi) is 1.96. The smallest absolute Gasteiger partial charge is 0.269 e. The highest BCUT2D eigenvalue weighted by atomic mass is 19.3. The van der Waals surface area contributed by atoms with E-state index in [9.17, 15) is 8.78 Å². The fourth-order valence-corrected chi connectivity index (χ4v) is 0.504. The van der Waals surface area contributed by atoms with E-state index in [2.05, 4.69) is 9.68 Å². The molecular weight excluding hydrogens is 144 g/mol. The van der Waals surface area contributed by atoms with Crippen molar-refractivity contribution in [1.29, 1.82) is 0 Å². The summed E-state index contributed by atoms with van der Waals surface area (Å²) >= 11 is 0. The molecule has 0 bridgehead atoms. The number of halogens is 2. The van der Waals surface area contributed by atoms with Gasteiger partial charge in [0.05, 0.1) is 0 Å². The van der Waals surface area contributed by atoms with Crippen LogP contribution in [0, 0.1) is 0 Å². The van der Waals surface area contributed by atoms with Crippen molar-refractivity contribution in [3.05, 3.63) is 18.0 Å². The van der Waals surface area contributed by atoms with E-state index in [1.165, 1.54) is 6.07 Å². The molecule has 0 amide bonds. The molecule has 0 spiro atoms. The molecule has 1 atom stereocenters. The lowest BCUT2D eigenvalue weighted by Crippen LogP contribution is -2.07. The van der Waals surface area contributed by atoms with Gasteiger partial charge in [0.15, 0.2) is 6.10 Å². The molecule has 1 unspecified atom stereocenters. The molecule has 0 fully saturated rings. The number of hydrogen-bond donors (Lipinski definition) is 1. The van der Waals surface area contributed by atoms with Crippen molar-refractivity contribution in [2.75, 3.05) is 0 Å². The van der Waals surface area contributed by atoms with Crippen molar-refractivity contribution < 1.29 is 18.4 Å². The number of nitrogens with zero attached hydrogens (tertiary/aromatic N) is 1. The van der Waals surface area contributed by atoms with Crippen LogP contribution >= 0.6 is 0 Å². The highest BCUT2D eigenvalue weighted by Gasteiger charge is 2.21. The Morgan fingerprint density at radius 3 is 2.70 bits per heavy atom. The van der Waals surface area contributed by atoms with Gasteiger partial charge in [-0.05, 0) is 0 Å². The molecule has 0 aromatic carbocycles. The number of alkyl halides is 2. The standard InChI is InChI=1S/C5H5F2NO2/c6-5(7)4(9)3-1-2-10-8-3/h1-2,4-5,9H. The molecule has 5 heteroatoms. The number of aromatic nitrogens is 1. The molecule has 0 saturated heterocycles. The van der Waals surface area contributed by atoms with Gasteiger partial charge < -0.3 is 9.63 Å². The van der Waals surface area contributed by atoms with Crippen LogP contribution < -0.4 is 0 Å². The van der Waals surface area contributed by atoms with E-state index in [1.807, 2.05) is 0 Å². The van der Waals surface area contributed by atoms with E-state index in [0.717, 1.165) is 6.26 Å². The Morgan fingerprint density at radius 1 is 1.60 bits per heavy atom. The minimum Gasteiger partial charge on any atom is -0.381 e. The molecule has 0 radical (unpaired) electrons. The Morgan fingerprint density at radius 2 is 2.30 bits per heavy atom. The number of aliphatic hydroxyl groups is 1. The maximum Gasteiger partial charge on any atom is 0.269 e. The molecule has 3 nitrogen and oxygen atoms in total. The van der Waals surface area contributed by atoms with Gasteiger partial charge >= 0.3 is 0 Å². The van der Waals surface area contributed by atoms with Crippen LogP contribution in [0.4, 0.5) is 8.78 Å². The fourth-order valence-electron chi connectivity index (χ4n) is 0.504. The third kappa shape index (κ3) is 1.30. The van der Waals surface area contributed by atoms with E-state index in [-0.39, 0.29) is 5.69 Å². The first-order chi connectivity index (χ1) is 4.72. The van der Waals surface area contributed by atoms with Gasteiger partial charge in [0.25, 0.3) is 6.43 Å². The van der Waals surface area contributed by atoms with Gasteiger partial charge in [-0.1, -0.05) is 5.16 Å². The molecular formula is C5H5F2NO2. The van der Waals surface area contributed by atoms with Crippen LogP contribution in [0.2, 0.25) is 0 Å². The third-order valence-electron chi connectivity index (χ3n) is 0.999. The van der Waals surface area contributed by atoms with E-state index >= 15 is 0 Å². The fraction of sp³-hybridized carbons (Fsp3) is 0.400. The van der Waals surface area contributed by atoms with Crippen molar-refractivity contribution >= 4 is 0 Å². The Labute approximate surface area is 55.3 Å². The molecule has 1 heterocycles. The van der Waals surface area contributed by atoms with Crippen LogP contribution in [-0.4, -0.2) is 16.7 Å². The summed E-state index contributed by atoms with van der Waals surface area (Å²) in [6.45, 7) is 0. The zero-order chi connectivity index (χ0) is 7.56. The van der Waals surface area contributed by atoms with Crippen molar-refractivity contribution in [2.45, 2.75) is 12.5 Å². The summed E-state index contributed by atoms with van der Waals surface area (Å²) in [5.74, 6) is 0. The van der Waals surface area contributed by atoms with Crippen molar-refractivity contribution in [3.8, 4) is 0 Å². The molecule has 10 heavy (non-hydrogen) atoms. The molecule has 0 aliphatic rings. The third-order valence-corrected chi connectivity index (χ3v) is 0.999. The minimum atomic E-state index is -2.81. The van der Waals surface area contributed by atoms with Gasteiger partial charge in [-0.15, -0.1) is 0 Å².